The minimum absolute atomic E-state index is 0. The highest BCUT2D eigenvalue weighted by atomic mass is 127. The van der Waals surface area contributed by atoms with Crippen LogP contribution in [0.25, 0.3) is 0 Å². The molecule has 2 atom stereocenters. The lowest BCUT2D eigenvalue weighted by molar-refractivity contribution is 0.141. The number of likely N-dealkylation sites (tertiary alicyclic amines) is 1. The van der Waals surface area contributed by atoms with Gasteiger partial charge in [0.25, 0.3) is 0 Å². The fourth-order valence-electron chi connectivity index (χ4n) is 3.17. The third kappa shape index (κ3) is 9.75. The average molecular weight is 438 g/mol. The Kier molecular flexibility index (Phi) is 13.3. The van der Waals surface area contributed by atoms with Crippen LogP contribution < -0.4 is 10.6 Å². The van der Waals surface area contributed by atoms with Crippen LogP contribution in [-0.2, 0) is 0 Å². The van der Waals surface area contributed by atoms with Crippen molar-refractivity contribution in [1.82, 2.24) is 15.5 Å². The second kappa shape index (κ2) is 13.3. The summed E-state index contributed by atoms with van der Waals surface area (Å²) in [6, 6.07) is 1.16. The first-order valence-corrected chi connectivity index (χ1v) is 9.28. The molecule has 0 spiro atoms. The van der Waals surface area contributed by atoms with Crippen LogP contribution in [0, 0.1) is 5.92 Å². The molecule has 1 fully saturated rings. The number of nitrogens with one attached hydrogen (secondary N) is 2. The summed E-state index contributed by atoms with van der Waals surface area (Å²) in [7, 11) is 1.87. The zero-order valence-corrected chi connectivity index (χ0v) is 18.2. The molecule has 0 bridgehead atoms. The molecule has 5 heteroatoms. The normalized spacial score (nSPS) is 21.0. The van der Waals surface area contributed by atoms with Gasteiger partial charge >= 0.3 is 0 Å². The first kappa shape index (κ1) is 23.0. The monoisotopic (exact) mass is 438 g/mol. The Morgan fingerprint density at radius 2 is 2.00 bits per heavy atom. The van der Waals surface area contributed by atoms with Crippen LogP contribution in [0.15, 0.2) is 4.99 Å². The minimum Gasteiger partial charge on any atom is -0.356 e. The van der Waals surface area contributed by atoms with Crippen molar-refractivity contribution in [3.63, 3.8) is 0 Å². The van der Waals surface area contributed by atoms with E-state index in [2.05, 4.69) is 48.2 Å². The maximum atomic E-state index is 4.38. The molecule has 0 aromatic heterocycles. The number of aliphatic imine (C=N–C) groups is 1. The van der Waals surface area contributed by atoms with Crippen LogP contribution in [0.2, 0.25) is 0 Å². The SMILES string of the molecule is CCCCCC(C)NC(=NC)NCC1CCCN(C(C)C)C1.I. The topological polar surface area (TPSA) is 39.7 Å². The van der Waals surface area contributed by atoms with Crippen LogP contribution in [0.1, 0.15) is 66.2 Å². The van der Waals surface area contributed by atoms with E-state index in [9.17, 15) is 0 Å². The summed E-state index contributed by atoms with van der Waals surface area (Å²) in [5, 5.41) is 7.06. The predicted octanol–water partition coefficient (Wildman–Crippen LogP) is 3.86. The Labute approximate surface area is 161 Å². The Hall–Kier alpha value is -0.0400. The maximum absolute atomic E-state index is 4.38. The summed E-state index contributed by atoms with van der Waals surface area (Å²) in [6.45, 7) is 12.6. The zero-order valence-electron chi connectivity index (χ0n) is 15.9. The van der Waals surface area contributed by atoms with Crippen molar-refractivity contribution in [2.24, 2.45) is 10.9 Å². The van der Waals surface area contributed by atoms with Gasteiger partial charge in [-0.05, 0) is 52.5 Å². The molecule has 0 aliphatic carbocycles. The van der Waals surface area contributed by atoms with Crippen molar-refractivity contribution < 1.29 is 0 Å². The lowest BCUT2D eigenvalue weighted by atomic mass is 9.97. The summed E-state index contributed by atoms with van der Waals surface area (Å²) in [4.78, 5) is 6.97. The van der Waals surface area contributed by atoms with Crippen molar-refractivity contribution in [1.29, 1.82) is 0 Å². The fraction of sp³-hybridized carbons (Fsp3) is 0.944. The third-order valence-corrected chi connectivity index (χ3v) is 4.69. The number of halogens is 1. The highest BCUT2D eigenvalue weighted by Crippen LogP contribution is 2.17. The van der Waals surface area contributed by atoms with E-state index in [4.69, 9.17) is 0 Å². The molecule has 23 heavy (non-hydrogen) atoms. The first-order valence-electron chi connectivity index (χ1n) is 9.28. The van der Waals surface area contributed by atoms with E-state index in [1.165, 1.54) is 51.6 Å². The molecule has 0 saturated carbocycles. The minimum atomic E-state index is 0. The molecule has 1 rings (SSSR count). The molecule has 0 radical (unpaired) electrons. The molecule has 0 amide bonds. The van der Waals surface area contributed by atoms with Gasteiger partial charge in [-0.3, -0.25) is 4.99 Å². The van der Waals surface area contributed by atoms with E-state index in [0.29, 0.717) is 12.1 Å². The zero-order chi connectivity index (χ0) is 16.4. The van der Waals surface area contributed by atoms with Crippen LogP contribution in [0.4, 0.5) is 0 Å². The smallest absolute Gasteiger partial charge is 0.191 e. The molecule has 2 unspecified atom stereocenters. The standard InChI is InChI=1S/C18H38N4.HI/c1-6-7-8-10-16(4)21-18(19-5)20-13-17-11-9-12-22(14-17)15(2)3;/h15-17H,6-14H2,1-5H3,(H2,19,20,21);1H. The van der Waals surface area contributed by atoms with Crippen molar-refractivity contribution in [2.45, 2.75) is 78.3 Å². The molecule has 1 heterocycles. The van der Waals surface area contributed by atoms with Crippen molar-refractivity contribution in [2.75, 3.05) is 26.7 Å². The lowest BCUT2D eigenvalue weighted by Crippen LogP contribution is -2.47. The van der Waals surface area contributed by atoms with E-state index in [-0.39, 0.29) is 24.0 Å². The molecule has 2 N–H and O–H groups in total. The summed E-state index contributed by atoms with van der Waals surface area (Å²) < 4.78 is 0. The molecular formula is C18H39IN4. The van der Waals surface area contributed by atoms with Crippen LogP contribution in [0.3, 0.4) is 0 Å². The van der Waals surface area contributed by atoms with Gasteiger partial charge in [-0.1, -0.05) is 26.2 Å². The van der Waals surface area contributed by atoms with Crippen molar-refractivity contribution in [3.05, 3.63) is 0 Å². The van der Waals surface area contributed by atoms with E-state index < -0.39 is 0 Å². The summed E-state index contributed by atoms with van der Waals surface area (Å²) >= 11 is 0. The fourth-order valence-corrected chi connectivity index (χ4v) is 3.17. The number of hydrogen-bond acceptors (Lipinski definition) is 2. The van der Waals surface area contributed by atoms with E-state index >= 15 is 0 Å². The Balaban J connectivity index is 0.00000484. The van der Waals surface area contributed by atoms with Crippen LogP contribution in [-0.4, -0.2) is 49.6 Å². The summed E-state index contributed by atoms with van der Waals surface area (Å²) in [5.41, 5.74) is 0. The molecule has 0 aromatic rings. The van der Waals surface area contributed by atoms with Gasteiger partial charge in [0.15, 0.2) is 5.96 Å². The van der Waals surface area contributed by atoms with Gasteiger partial charge in [-0.15, -0.1) is 24.0 Å². The average Bonchev–Trinajstić information content (AvgIpc) is 2.52. The van der Waals surface area contributed by atoms with Crippen molar-refractivity contribution >= 4 is 29.9 Å². The number of guanidine groups is 1. The largest absolute Gasteiger partial charge is 0.356 e. The van der Waals surface area contributed by atoms with Crippen LogP contribution >= 0.6 is 24.0 Å². The molecule has 138 valence electrons. The number of hydrogen-bond donors (Lipinski definition) is 2. The van der Waals surface area contributed by atoms with E-state index in [0.717, 1.165) is 18.4 Å². The van der Waals surface area contributed by atoms with Gasteiger partial charge in [0.2, 0.25) is 0 Å². The van der Waals surface area contributed by atoms with Crippen LogP contribution in [0.5, 0.6) is 0 Å². The predicted molar refractivity (Wildman–Crippen MR) is 113 cm³/mol. The Morgan fingerprint density at radius 3 is 2.61 bits per heavy atom. The van der Waals surface area contributed by atoms with Gasteiger partial charge in [0, 0.05) is 32.2 Å². The van der Waals surface area contributed by atoms with Gasteiger partial charge in [-0.25, -0.2) is 0 Å². The number of piperidine rings is 1. The lowest BCUT2D eigenvalue weighted by Gasteiger charge is -2.35. The van der Waals surface area contributed by atoms with E-state index in [1.807, 2.05) is 7.05 Å². The molecule has 1 aliphatic rings. The van der Waals surface area contributed by atoms with Gasteiger partial charge in [0.05, 0.1) is 0 Å². The molecule has 0 aromatic carbocycles. The Bertz CT molecular complexity index is 320. The van der Waals surface area contributed by atoms with Gasteiger partial charge < -0.3 is 15.5 Å². The number of rotatable bonds is 8. The highest BCUT2D eigenvalue weighted by Gasteiger charge is 2.21. The quantitative estimate of drug-likeness (QED) is 0.262. The maximum Gasteiger partial charge on any atom is 0.191 e. The molecule has 1 aliphatic heterocycles. The highest BCUT2D eigenvalue weighted by molar-refractivity contribution is 14.0. The summed E-state index contributed by atoms with van der Waals surface area (Å²) in [6.07, 6.45) is 7.79. The Morgan fingerprint density at radius 1 is 1.26 bits per heavy atom. The van der Waals surface area contributed by atoms with Crippen molar-refractivity contribution in [3.8, 4) is 0 Å². The number of unbranched alkanes of at least 4 members (excludes halogenated alkanes) is 2. The number of nitrogens with zero attached hydrogens (tertiary/aromatic N) is 2. The van der Waals surface area contributed by atoms with Gasteiger partial charge in [-0.2, -0.15) is 0 Å². The second-order valence-electron chi connectivity index (χ2n) is 7.09. The van der Waals surface area contributed by atoms with E-state index in [1.54, 1.807) is 0 Å². The molecular weight excluding hydrogens is 399 g/mol. The van der Waals surface area contributed by atoms with Gasteiger partial charge in [0.1, 0.15) is 0 Å². The third-order valence-electron chi connectivity index (χ3n) is 4.69. The molecule has 1 saturated heterocycles. The molecule has 4 nitrogen and oxygen atoms in total. The first-order chi connectivity index (χ1) is 10.6. The second-order valence-corrected chi connectivity index (χ2v) is 7.09. The summed E-state index contributed by atoms with van der Waals surface area (Å²) in [5.74, 6) is 1.70.